The minimum atomic E-state index is 0.152. The summed E-state index contributed by atoms with van der Waals surface area (Å²) in [5.41, 5.74) is 2.07. The predicted molar refractivity (Wildman–Crippen MR) is 77.7 cm³/mol. The fourth-order valence-corrected chi connectivity index (χ4v) is 2.70. The highest BCUT2D eigenvalue weighted by atomic mass is 16.3. The topological polar surface area (TPSA) is 40.5 Å². The van der Waals surface area contributed by atoms with Crippen LogP contribution in [-0.2, 0) is 0 Å². The second-order valence-corrected chi connectivity index (χ2v) is 4.96. The first-order chi connectivity index (χ1) is 9.13. The molecule has 2 N–H and O–H groups in total. The number of hydrogen-bond acceptors (Lipinski definition) is 2. The maximum Gasteiger partial charge on any atom is 0.119 e. The first-order valence-electron chi connectivity index (χ1n) is 6.70. The highest BCUT2D eigenvalue weighted by Crippen LogP contribution is 2.39. The molecule has 0 aliphatic carbocycles. The Bertz CT molecular complexity index is 534. The van der Waals surface area contributed by atoms with E-state index in [0.29, 0.717) is 5.92 Å². The molecule has 19 heavy (non-hydrogen) atoms. The van der Waals surface area contributed by atoms with Crippen LogP contribution in [0, 0.1) is 0 Å². The van der Waals surface area contributed by atoms with E-state index in [9.17, 15) is 10.2 Å². The van der Waals surface area contributed by atoms with Gasteiger partial charge in [-0.15, -0.1) is 0 Å². The van der Waals surface area contributed by atoms with E-state index < -0.39 is 0 Å². The summed E-state index contributed by atoms with van der Waals surface area (Å²) in [6, 6.07) is 15.0. The molecule has 2 atom stereocenters. The number of hydrogen-bond donors (Lipinski definition) is 2. The van der Waals surface area contributed by atoms with Gasteiger partial charge in [-0.1, -0.05) is 44.2 Å². The average Bonchev–Trinajstić information content (AvgIpc) is 2.43. The fraction of sp³-hybridized carbons (Fsp3) is 0.294. The Kier molecular flexibility index (Phi) is 4.10. The first-order valence-corrected chi connectivity index (χ1v) is 6.70. The first kappa shape index (κ1) is 13.5. The van der Waals surface area contributed by atoms with Gasteiger partial charge in [0.1, 0.15) is 11.5 Å². The molecule has 0 amide bonds. The Hall–Kier alpha value is -1.96. The van der Waals surface area contributed by atoms with Crippen molar-refractivity contribution in [2.45, 2.75) is 32.1 Å². The number of phenolic OH excluding ortho intramolecular Hbond substituents is 2. The van der Waals surface area contributed by atoms with Crippen molar-refractivity contribution in [1.29, 1.82) is 0 Å². The third-order valence-electron chi connectivity index (χ3n) is 3.77. The Morgan fingerprint density at radius 3 is 2.32 bits per heavy atom. The summed E-state index contributed by atoms with van der Waals surface area (Å²) in [6.45, 7) is 4.24. The molecule has 0 aromatic heterocycles. The van der Waals surface area contributed by atoms with Crippen molar-refractivity contribution in [2.24, 2.45) is 0 Å². The van der Waals surface area contributed by atoms with Gasteiger partial charge in [-0.05, 0) is 42.0 Å². The normalized spacial score (nSPS) is 14.0. The summed E-state index contributed by atoms with van der Waals surface area (Å²) in [5, 5.41) is 19.6. The third-order valence-corrected chi connectivity index (χ3v) is 3.77. The summed E-state index contributed by atoms with van der Waals surface area (Å²) in [4.78, 5) is 0. The van der Waals surface area contributed by atoms with Gasteiger partial charge in [0.25, 0.3) is 0 Å². The molecule has 2 aromatic carbocycles. The number of phenols is 2. The Morgan fingerprint density at radius 2 is 1.68 bits per heavy atom. The van der Waals surface area contributed by atoms with Crippen LogP contribution in [0.3, 0.4) is 0 Å². The van der Waals surface area contributed by atoms with E-state index in [1.54, 1.807) is 12.1 Å². The van der Waals surface area contributed by atoms with Crippen LogP contribution in [-0.4, -0.2) is 10.2 Å². The van der Waals surface area contributed by atoms with E-state index in [2.05, 4.69) is 26.0 Å². The van der Waals surface area contributed by atoms with Gasteiger partial charge >= 0.3 is 0 Å². The Balaban J connectivity index is 2.36. The maximum atomic E-state index is 9.99. The molecule has 0 saturated carbocycles. The Morgan fingerprint density at radius 1 is 1.00 bits per heavy atom. The smallest absolute Gasteiger partial charge is 0.119 e. The lowest BCUT2D eigenvalue weighted by Gasteiger charge is -2.24. The minimum Gasteiger partial charge on any atom is -0.508 e. The SMILES string of the molecule is CCC(c1ccccc1)C(C)c1cc(O)ccc1O. The van der Waals surface area contributed by atoms with Crippen LogP contribution in [0.25, 0.3) is 0 Å². The number of benzene rings is 2. The van der Waals surface area contributed by atoms with Gasteiger partial charge in [-0.3, -0.25) is 0 Å². The molecule has 0 saturated heterocycles. The van der Waals surface area contributed by atoms with Crippen molar-refractivity contribution in [3.8, 4) is 11.5 Å². The van der Waals surface area contributed by atoms with Crippen molar-refractivity contribution in [1.82, 2.24) is 0 Å². The summed E-state index contributed by atoms with van der Waals surface area (Å²) in [7, 11) is 0. The van der Waals surface area contributed by atoms with Crippen molar-refractivity contribution >= 4 is 0 Å². The molecule has 0 aliphatic rings. The summed E-state index contributed by atoms with van der Waals surface area (Å²) in [5.74, 6) is 0.927. The van der Waals surface area contributed by atoms with Crippen molar-refractivity contribution in [2.75, 3.05) is 0 Å². The number of aromatic hydroxyl groups is 2. The highest BCUT2D eigenvalue weighted by Gasteiger charge is 2.21. The van der Waals surface area contributed by atoms with Crippen LogP contribution in [0.1, 0.15) is 43.2 Å². The molecule has 100 valence electrons. The molecule has 0 fully saturated rings. The maximum absolute atomic E-state index is 9.99. The summed E-state index contributed by atoms with van der Waals surface area (Å²) < 4.78 is 0. The molecule has 2 nitrogen and oxygen atoms in total. The van der Waals surface area contributed by atoms with E-state index in [0.717, 1.165) is 12.0 Å². The van der Waals surface area contributed by atoms with Crippen LogP contribution in [0.4, 0.5) is 0 Å². The highest BCUT2D eigenvalue weighted by molar-refractivity contribution is 5.42. The molecule has 0 heterocycles. The fourth-order valence-electron chi connectivity index (χ4n) is 2.70. The van der Waals surface area contributed by atoms with E-state index in [1.807, 2.05) is 18.2 Å². The van der Waals surface area contributed by atoms with Gasteiger partial charge in [0, 0.05) is 5.56 Å². The predicted octanol–water partition coefficient (Wildman–Crippen LogP) is 4.40. The molecule has 2 rings (SSSR count). The molecule has 0 spiro atoms. The lowest BCUT2D eigenvalue weighted by atomic mass is 9.80. The quantitative estimate of drug-likeness (QED) is 0.796. The van der Waals surface area contributed by atoms with E-state index >= 15 is 0 Å². The molecule has 0 bridgehead atoms. The van der Waals surface area contributed by atoms with Gasteiger partial charge < -0.3 is 10.2 Å². The van der Waals surface area contributed by atoms with Crippen LogP contribution >= 0.6 is 0 Å². The summed E-state index contributed by atoms with van der Waals surface area (Å²) in [6.07, 6.45) is 0.986. The van der Waals surface area contributed by atoms with Gasteiger partial charge in [0.15, 0.2) is 0 Å². The van der Waals surface area contributed by atoms with E-state index in [1.165, 1.54) is 11.6 Å². The van der Waals surface area contributed by atoms with E-state index in [-0.39, 0.29) is 17.4 Å². The average molecular weight is 256 g/mol. The van der Waals surface area contributed by atoms with Crippen LogP contribution in [0.15, 0.2) is 48.5 Å². The minimum absolute atomic E-state index is 0.152. The van der Waals surface area contributed by atoms with Crippen molar-refractivity contribution in [3.63, 3.8) is 0 Å². The molecule has 2 aromatic rings. The van der Waals surface area contributed by atoms with Crippen LogP contribution in [0.5, 0.6) is 11.5 Å². The molecular formula is C17H20O2. The van der Waals surface area contributed by atoms with Crippen molar-refractivity contribution in [3.05, 3.63) is 59.7 Å². The molecule has 0 aliphatic heterocycles. The van der Waals surface area contributed by atoms with Gasteiger partial charge in [0.2, 0.25) is 0 Å². The Labute approximate surface area is 114 Å². The zero-order valence-corrected chi connectivity index (χ0v) is 11.4. The standard InChI is InChI=1S/C17H20O2/c1-3-15(13-7-5-4-6-8-13)12(2)16-11-14(18)9-10-17(16)19/h4-12,15,18-19H,3H2,1-2H3. The lowest BCUT2D eigenvalue weighted by molar-refractivity contribution is 0.440. The zero-order chi connectivity index (χ0) is 13.8. The number of rotatable bonds is 4. The third kappa shape index (κ3) is 2.90. The largest absolute Gasteiger partial charge is 0.508 e. The van der Waals surface area contributed by atoms with Crippen molar-refractivity contribution < 1.29 is 10.2 Å². The van der Waals surface area contributed by atoms with Gasteiger partial charge in [0.05, 0.1) is 0 Å². The monoisotopic (exact) mass is 256 g/mol. The van der Waals surface area contributed by atoms with Gasteiger partial charge in [-0.25, -0.2) is 0 Å². The second-order valence-electron chi connectivity index (χ2n) is 4.96. The van der Waals surface area contributed by atoms with Crippen LogP contribution in [0.2, 0.25) is 0 Å². The van der Waals surface area contributed by atoms with Crippen LogP contribution < -0.4 is 0 Å². The van der Waals surface area contributed by atoms with Gasteiger partial charge in [-0.2, -0.15) is 0 Å². The molecular weight excluding hydrogens is 236 g/mol. The second kappa shape index (κ2) is 5.79. The molecule has 2 heteroatoms. The van der Waals surface area contributed by atoms with E-state index in [4.69, 9.17) is 0 Å². The lowest BCUT2D eigenvalue weighted by Crippen LogP contribution is -2.07. The summed E-state index contributed by atoms with van der Waals surface area (Å²) >= 11 is 0. The zero-order valence-electron chi connectivity index (χ0n) is 11.4. The molecule has 2 unspecified atom stereocenters. The molecule has 0 radical (unpaired) electrons.